The first-order valence-corrected chi connectivity index (χ1v) is 7.28. The van der Waals surface area contributed by atoms with Gasteiger partial charge in [-0.1, -0.05) is 42.5 Å². The second kappa shape index (κ2) is 5.41. The third-order valence-corrected chi connectivity index (χ3v) is 3.79. The van der Waals surface area contributed by atoms with E-state index >= 15 is 0 Å². The van der Waals surface area contributed by atoms with E-state index in [2.05, 4.69) is 40.3 Å². The second-order valence-corrected chi connectivity index (χ2v) is 5.14. The highest BCUT2D eigenvalue weighted by Gasteiger charge is 2.18. The highest BCUT2D eigenvalue weighted by Crippen LogP contribution is 2.41. The summed E-state index contributed by atoms with van der Waals surface area (Å²) in [6, 6.07) is 24.7. The minimum Gasteiger partial charge on any atom is -0.256 e. The van der Waals surface area contributed by atoms with Gasteiger partial charge in [0.2, 0.25) is 0 Å². The van der Waals surface area contributed by atoms with Crippen molar-refractivity contribution in [3.8, 4) is 33.6 Å². The Bertz CT molecular complexity index is 799. The normalized spacial score (nSPS) is 10.7. The first-order valence-electron chi connectivity index (χ1n) is 7.28. The summed E-state index contributed by atoms with van der Waals surface area (Å²) in [7, 11) is 0. The van der Waals surface area contributed by atoms with Gasteiger partial charge < -0.3 is 0 Å². The molecule has 4 rings (SSSR count). The zero-order valence-corrected chi connectivity index (χ0v) is 12.0. The number of hydrogen-bond acceptors (Lipinski definition) is 2. The van der Waals surface area contributed by atoms with Gasteiger partial charge in [0.15, 0.2) is 0 Å². The molecule has 0 amide bonds. The Balaban J connectivity index is 2.00. The van der Waals surface area contributed by atoms with Crippen LogP contribution in [0.2, 0.25) is 0 Å². The van der Waals surface area contributed by atoms with Crippen LogP contribution in [0.5, 0.6) is 0 Å². The summed E-state index contributed by atoms with van der Waals surface area (Å²) in [5.41, 5.74) is 6.66. The number of rotatable bonds is 2. The van der Waals surface area contributed by atoms with Crippen molar-refractivity contribution in [2.45, 2.75) is 0 Å². The van der Waals surface area contributed by atoms with Crippen LogP contribution in [0, 0.1) is 0 Å². The van der Waals surface area contributed by atoms with Crippen LogP contribution in [0.15, 0.2) is 85.2 Å². The molecule has 2 nitrogen and oxygen atoms in total. The molecular formula is C20H14N2. The van der Waals surface area contributed by atoms with Crippen LogP contribution in [0.25, 0.3) is 33.6 Å². The van der Waals surface area contributed by atoms with E-state index in [-0.39, 0.29) is 0 Å². The molecule has 2 heterocycles. The number of aromatic nitrogens is 2. The minimum atomic E-state index is 0.987. The molecule has 2 aliphatic rings. The second-order valence-electron chi connectivity index (χ2n) is 5.14. The largest absolute Gasteiger partial charge is 0.256 e. The maximum atomic E-state index is 4.51. The van der Waals surface area contributed by atoms with Crippen LogP contribution in [-0.2, 0) is 0 Å². The van der Waals surface area contributed by atoms with Crippen molar-refractivity contribution >= 4 is 0 Å². The zero-order valence-electron chi connectivity index (χ0n) is 12.0. The molecule has 0 aliphatic heterocycles. The third kappa shape index (κ3) is 2.15. The van der Waals surface area contributed by atoms with Crippen molar-refractivity contribution < 1.29 is 0 Å². The summed E-state index contributed by atoms with van der Waals surface area (Å²) in [6.45, 7) is 0. The minimum absolute atomic E-state index is 0.987. The van der Waals surface area contributed by atoms with Crippen molar-refractivity contribution in [2.24, 2.45) is 0 Å². The van der Waals surface area contributed by atoms with Crippen molar-refractivity contribution in [3.05, 3.63) is 85.2 Å². The Morgan fingerprint density at radius 2 is 0.955 bits per heavy atom. The lowest BCUT2D eigenvalue weighted by Gasteiger charge is -2.01. The lowest BCUT2D eigenvalue weighted by molar-refractivity contribution is 1.33. The molecule has 0 saturated heterocycles. The van der Waals surface area contributed by atoms with Crippen LogP contribution < -0.4 is 0 Å². The number of hydrogen-bond donors (Lipinski definition) is 0. The average molecular weight is 282 g/mol. The molecule has 0 saturated carbocycles. The van der Waals surface area contributed by atoms with Crippen LogP contribution in [0.3, 0.4) is 0 Å². The molecule has 22 heavy (non-hydrogen) atoms. The van der Waals surface area contributed by atoms with Crippen molar-refractivity contribution in [1.29, 1.82) is 0 Å². The van der Waals surface area contributed by atoms with Gasteiger partial charge in [-0.2, -0.15) is 0 Å². The molecule has 0 spiro atoms. The molecule has 104 valence electrons. The highest BCUT2D eigenvalue weighted by molar-refractivity contribution is 5.96. The fourth-order valence-corrected chi connectivity index (χ4v) is 2.78. The van der Waals surface area contributed by atoms with Gasteiger partial charge in [0, 0.05) is 23.5 Å². The summed E-state index contributed by atoms with van der Waals surface area (Å²) in [6.07, 6.45) is 3.66. The molecule has 0 N–H and O–H groups in total. The standard InChI is InChI=1S/C20H14N2/c1-2-8-15-16(9-3-1)18(20-11-5-7-13-22-20)14-17(15)19-10-4-6-12-21-19/h1-14H. The van der Waals surface area contributed by atoms with Gasteiger partial charge in [0.05, 0.1) is 11.4 Å². The van der Waals surface area contributed by atoms with Gasteiger partial charge in [-0.05, 0) is 41.5 Å². The van der Waals surface area contributed by atoms with E-state index in [1.165, 1.54) is 11.1 Å². The Hall–Kier alpha value is -3.00. The fraction of sp³-hybridized carbons (Fsp3) is 0. The predicted octanol–water partition coefficient (Wildman–Crippen LogP) is 4.92. The number of fused-ring (bicyclic) bond motifs is 1. The number of pyridine rings is 2. The maximum Gasteiger partial charge on any atom is 0.0708 e. The van der Waals surface area contributed by atoms with Crippen molar-refractivity contribution in [1.82, 2.24) is 9.97 Å². The number of nitrogens with zero attached hydrogens (tertiary/aromatic N) is 2. The highest BCUT2D eigenvalue weighted by atomic mass is 14.7. The van der Waals surface area contributed by atoms with Gasteiger partial charge in [0.25, 0.3) is 0 Å². The summed E-state index contributed by atoms with van der Waals surface area (Å²) in [5, 5.41) is 0. The Morgan fingerprint density at radius 3 is 1.41 bits per heavy atom. The first-order chi connectivity index (χ1) is 10.9. The smallest absolute Gasteiger partial charge is 0.0708 e. The van der Waals surface area contributed by atoms with E-state index in [1.54, 1.807) is 0 Å². The first kappa shape index (κ1) is 12.7. The summed E-state index contributed by atoms with van der Waals surface area (Å²) < 4.78 is 0. The molecule has 2 heteroatoms. The van der Waals surface area contributed by atoms with E-state index in [4.69, 9.17) is 0 Å². The summed E-state index contributed by atoms with van der Waals surface area (Å²) in [5.74, 6) is 0. The molecule has 0 aromatic carbocycles. The van der Waals surface area contributed by atoms with E-state index in [1.807, 2.05) is 54.9 Å². The topological polar surface area (TPSA) is 25.8 Å². The quantitative estimate of drug-likeness (QED) is 0.521. The van der Waals surface area contributed by atoms with E-state index in [0.717, 1.165) is 22.5 Å². The monoisotopic (exact) mass is 282 g/mol. The third-order valence-electron chi connectivity index (χ3n) is 3.79. The van der Waals surface area contributed by atoms with Gasteiger partial charge in [-0.25, -0.2) is 0 Å². The van der Waals surface area contributed by atoms with Crippen LogP contribution >= 0.6 is 0 Å². The van der Waals surface area contributed by atoms with Gasteiger partial charge >= 0.3 is 0 Å². The molecule has 0 atom stereocenters. The molecule has 0 fully saturated rings. The lowest BCUT2D eigenvalue weighted by atomic mass is 10.0. The van der Waals surface area contributed by atoms with Crippen molar-refractivity contribution in [3.63, 3.8) is 0 Å². The van der Waals surface area contributed by atoms with Gasteiger partial charge in [-0.15, -0.1) is 0 Å². The van der Waals surface area contributed by atoms with Crippen LogP contribution in [-0.4, -0.2) is 9.97 Å². The molecule has 0 radical (unpaired) electrons. The Kier molecular flexibility index (Phi) is 3.13. The van der Waals surface area contributed by atoms with E-state index in [0.29, 0.717) is 0 Å². The summed E-state index contributed by atoms with van der Waals surface area (Å²) >= 11 is 0. The van der Waals surface area contributed by atoms with Crippen molar-refractivity contribution in [2.75, 3.05) is 0 Å². The molecule has 2 aromatic rings. The lowest BCUT2D eigenvalue weighted by Crippen LogP contribution is -1.80. The molecule has 2 aliphatic carbocycles. The average Bonchev–Trinajstić information content (AvgIpc) is 2.78. The molecule has 0 bridgehead atoms. The van der Waals surface area contributed by atoms with Gasteiger partial charge in [-0.3, -0.25) is 9.97 Å². The van der Waals surface area contributed by atoms with E-state index < -0.39 is 0 Å². The molecule has 0 unspecified atom stereocenters. The fourth-order valence-electron chi connectivity index (χ4n) is 2.78. The SMILES string of the molecule is c1ccc2c(-c3ccccn3)cc(-c3ccccn3)c-2cc1. The van der Waals surface area contributed by atoms with E-state index in [9.17, 15) is 0 Å². The maximum absolute atomic E-state index is 4.51. The predicted molar refractivity (Wildman–Crippen MR) is 89.5 cm³/mol. The van der Waals surface area contributed by atoms with Crippen LogP contribution in [0.1, 0.15) is 0 Å². The Morgan fingerprint density at radius 1 is 0.455 bits per heavy atom. The molecular weight excluding hydrogens is 268 g/mol. The zero-order chi connectivity index (χ0) is 14.8. The van der Waals surface area contributed by atoms with Crippen LogP contribution in [0.4, 0.5) is 0 Å². The van der Waals surface area contributed by atoms with Gasteiger partial charge in [0.1, 0.15) is 0 Å². The molecule has 2 aromatic heterocycles. The Labute approximate surface area is 129 Å². The summed E-state index contributed by atoms with van der Waals surface area (Å²) in [4.78, 5) is 9.01.